The first-order valence-corrected chi connectivity index (χ1v) is 8.35. The molecule has 3 aromatic rings. The van der Waals surface area contributed by atoms with Crippen molar-refractivity contribution in [1.29, 1.82) is 0 Å². The number of benzene rings is 2. The highest BCUT2D eigenvalue weighted by Crippen LogP contribution is 2.23. The molecule has 2 aromatic carbocycles. The summed E-state index contributed by atoms with van der Waals surface area (Å²) in [7, 11) is 0. The molecule has 2 N–H and O–H groups in total. The van der Waals surface area contributed by atoms with E-state index in [1.165, 1.54) is 12.1 Å². The topological polar surface area (TPSA) is 79.5 Å². The molecule has 0 aliphatic rings. The van der Waals surface area contributed by atoms with Crippen molar-refractivity contribution in [3.8, 4) is 5.69 Å². The van der Waals surface area contributed by atoms with Crippen LogP contribution in [0.3, 0.4) is 0 Å². The maximum Gasteiger partial charge on any atom is 0.337 e. The number of carboxylic acid groups (broad SMARTS) is 1. The number of anilines is 1. The van der Waals surface area contributed by atoms with E-state index in [0.717, 1.165) is 5.69 Å². The van der Waals surface area contributed by atoms with Crippen molar-refractivity contribution < 1.29 is 9.90 Å². The zero-order chi connectivity index (χ0) is 18.7. The molecule has 1 aromatic heterocycles. The number of aromatic nitrogens is 2. The van der Waals surface area contributed by atoms with E-state index in [2.05, 4.69) is 15.6 Å². The molecule has 0 bridgehead atoms. The molecule has 8 heteroatoms. The number of hydrogen-bond donors (Lipinski definition) is 2. The van der Waals surface area contributed by atoms with Crippen LogP contribution in [-0.4, -0.2) is 27.1 Å². The molecule has 26 heavy (non-hydrogen) atoms. The van der Waals surface area contributed by atoms with Gasteiger partial charge >= 0.3 is 5.97 Å². The summed E-state index contributed by atoms with van der Waals surface area (Å²) in [4.78, 5) is 11.1. The van der Waals surface area contributed by atoms with Gasteiger partial charge in [0.1, 0.15) is 5.15 Å². The molecule has 0 unspecified atom stereocenters. The molecule has 0 saturated carbocycles. The smallest absolute Gasteiger partial charge is 0.337 e. The van der Waals surface area contributed by atoms with E-state index in [9.17, 15) is 4.79 Å². The third-order valence-electron chi connectivity index (χ3n) is 3.63. The van der Waals surface area contributed by atoms with Crippen LogP contribution in [0.5, 0.6) is 0 Å². The number of aryl methyl sites for hydroxylation is 1. The maximum atomic E-state index is 11.1. The fraction of sp³-hybridized carbons (Fsp3) is 0.0556. The van der Waals surface area contributed by atoms with Gasteiger partial charge in [-0.3, -0.25) is 5.43 Å². The third-order valence-corrected chi connectivity index (χ3v) is 4.33. The van der Waals surface area contributed by atoms with Crippen molar-refractivity contribution in [3.05, 3.63) is 75.5 Å². The molecule has 3 rings (SSSR count). The fourth-order valence-electron chi connectivity index (χ4n) is 2.33. The standard InChI is InChI=1S/C18H14Cl2N4O2/c1-11-15(17(20)24(23-11)13-5-3-2-4-6-13)10-21-22-12-7-8-16(19)14(9-12)18(25)26/h2-10,22H,1H3,(H,25,26)/b21-10+. The Morgan fingerprint density at radius 3 is 2.65 bits per heavy atom. The molecular formula is C18H14Cl2N4O2. The molecule has 0 saturated heterocycles. The lowest BCUT2D eigenvalue weighted by atomic mass is 10.2. The second-order valence-electron chi connectivity index (χ2n) is 5.41. The average Bonchev–Trinajstić information content (AvgIpc) is 2.91. The summed E-state index contributed by atoms with van der Waals surface area (Å²) in [6, 6.07) is 14.1. The second-order valence-corrected chi connectivity index (χ2v) is 6.17. The van der Waals surface area contributed by atoms with Crippen molar-refractivity contribution in [1.82, 2.24) is 9.78 Å². The molecule has 0 atom stereocenters. The third kappa shape index (κ3) is 3.71. The fourth-order valence-corrected chi connectivity index (χ4v) is 2.85. The number of hydrogen-bond acceptors (Lipinski definition) is 4. The molecule has 0 aliphatic heterocycles. The highest BCUT2D eigenvalue weighted by molar-refractivity contribution is 6.33. The van der Waals surface area contributed by atoms with Crippen molar-refractivity contribution in [2.24, 2.45) is 5.10 Å². The van der Waals surface area contributed by atoms with Crippen LogP contribution >= 0.6 is 23.2 Å². The number of carboxylic acids is 1. The lowest BCUT2D eigenvalue weighted by molar-refractivity contribution is 0.0697. The minimum Gasteiger partial charge on any atom is -0.478 e. The van der Waals surface area contributed by atoms with Gasteiger partial charge in [0.25, 0.3) is 0 Å². The molecule has 1 heterocycles. The molecule has 6 nitrogen and oxygen atoms in total. The van der Waals surface area contributed by atoms with Gasteiger partial charge in [-0.05, 0) is 37.3 Å². The van der Waals surface area contributed by atoms with E-state index in [1.807, 2.05) is 37.3 Å². The molecule has 0 spiro atoms. The number of nitrogens with one attached hydrogen (secondary N) is 1. The van der Waals surface area contributed by atoms with Gasteiger partial charge in [-0.15, -0.1) is 0 Å². The van der Waals surface area contributed by atoms with E-state index in [-0.39, 0.29) is 10.6 Å². The number of nitrogens with zero attached hydrogens (tertiary/aromatic N) is 3. The van der Waals surface area contributed by atoms with Crippen molar-refractivity contribution >= 4 is 41.1 Å². The Hall–Kier alpha value is -2.83. The summed E-state index contributed by atoms with van der Waals surface area (Å²) in [6.07, 6.45) is 1.54. The summed E-state index contributed by atoms with van der Waals surface area (Å²) >= 11 is 12.3. The first-order valence-electron chi connectivity index (χ1n) is 7.60. The van der Waals surface area contributed by atoms with E-state index in [1.54, 1.807) is 17.0 Å². The Morgan fingerprint density at radius 2 is 1.96 bits per heavy atom. The monoisotopic (exact) mass is 388 g/mol. The first kappa shape index (κ1) is 18.0. The number of aromatic carboxylic acids is 1. The van der Waals surface area contributed by atoms with Crippen LogP contribution in [0.2, 0.25) is 10.2 Å². The summed E-state index contributed by atoms with van der Waals surface area (Å²) < 4.78 is 1.63. The van der Waals surface area contributed by atoms with E-state index in [4.69, 9.17) is 28.3 Å². The Labute approximate surface area is 159 Å². The Kier molecular flexibility index (Phi) is 5.25. The summed E-state index contributed by atoms with van der Waals surface area (Å²) in [6.45, 7) is 1.83. The highest BCUT2D eigenvalue weighted by Gasteiger charge is 2.13. The van der Waals surface area contributed by atoms with Gasteiger partial charge in [0.15, 0.2) is 0 Å². The Morgan fingerprint density at radius 1 is 1.23 bits per heavy atom. The largest absolute Gasteiger partial charge is 0.478 e. The molecule has 0 amide bonds. The number of para-hydroxylation sites is 1. The van der Waals surface area contributed by atoms with Gasteiger partial charge in [-0.25, -0.2) is 9.48 Å². The van der Waals surface area contributed by atoms with Gasteiger partial charge in [-0.1, -0.05) is 41.4 Å². The predicted octanol–water partition coefficient (Wildman–Crippen LogP) is 4.63. The van der Waals surface area contributed by atoms with Crippen LogP contribution in [0.1, 0.15) is 21.6 Å². The zero-order valence-corrected chi connectivity index (χ0v) is 15.2. The highest BCUT2D eigenvalue weighted by atomic mass is 35.5. The van der Waals surface area contributed by atoms with Crippen LogP contribution in [-0.2, 0) is 0 Å². The molecular weight excluding hydrogens is 375 g/mol. The van der Waals surface area contributed by atoms with Gasteiger partial charge in [0.05, 0.1) is 39.4 Å². The van der Waals surface area contributed by atoms with Crippen LogP contribution in [0, 0.1) is 6.92 Å². The minimum absolute atomic E-state index is 0.00187. The minimum atomic E-state index is -1.11. The quantitative estimate of drug-likeness (QED) is 0.493. The van der Waals surface area contributed by atoms with Crippen LogP contribution in [0.4, 0.5) is 5.69 Å². The van der Waals surface area contributed by atoms with E-state index in [0.29, 0.717) is 22.1 Å². The predicted molar refractivity (Wildman–Crippen MR) is 103 cm³/mol. The summed E-state index contributed by atoms with van der Waals surface area (Å²) in [5, 5.41) is 18.2. The Balaban J connectivity index is 1.83. The average molecular weight is 389 g/mol. The molecule has 0 fully saturated rings. The van der Waals surface area contributed by atoms with E-state index >= 15 is 0 Å². The summed E-state index contributed by atoms with van der Waals surface area (Å²) in [5.74, 6) is -1.11. The number of halogens is 2. The SMILES string of the molecule is Cc1nn(-c2ccccc2)c(Cl)c1/C=N/Nc1ccc(Cl)c(C(=O)O)c1. The van der Waals surface area contributed by atoms with Gasteiger partial charge < -0.3 is 5.11 Å². The first-order chi connectivity index (χ1) is 12.5. The number of carbonyl (C=O) groups is 1. The van der Waals surface area contributed by atoms with Gasteiger partial charge in [-0.2, -0.15) is 10.2 Å². The van der Waals surface area contributed by atoms with Crippen LogP contribution in [0.25, 0.3) is 5.69 Å². The number of hydrazone groups is 1. The van der Waals surface area contributed by atoms with Crippen LogP contribution in [0.15, 0.2) is 53.6 Å². The number of rotatable bonds is 5. The lowest BCUT2D eigenvalue weighted by Crippen LogP contribution is -1.99. The molecule has 132 valence electrons. The van der Waals surface area contributed by atoms with Crippen molar-refractivity contribution in [3.63, 3.8) is 0 Å². The van der Waals surface area contributed by atoms with Crippen molar-refractivity contribution in [2.75, 3.05) is 5.43 Å². The second kappa shape index (κ2) is 7.59. The Bertz CT molecular complexity index is 984. The van der Waals surface area contributed by atoms with Crippen molar-refractivity contribution in [2.45, 2.75) is 6.92 Å². The van der Waals surface area contributed by atoms with Crippen LogP contribution < -0.4 is 5.43 Å². The maximum absolute atomic E-state index is 11.1. The van der Waals surface area contributed by atoms with Gasteiger partial charge in [0.2, 0.25) is 0 Å². The summed E-state index contributed by atoms with van der Waals surface area (Å²) in [5.41, 5.74) is 5.48. The lowest BCUT2D eigenvalue weighted by Gasteiger charge is -2.04. The van der Waals surface area contributed by atoms with Gasteiger partial charge in [0, 0.05) is 0 Å². The molecule has 0 aliphatic carbocycles. The normalized spacial score (nSPS) is 11.0. The zero-order valence-electron chi connectivity index (χ0n) is 13.6. The molecule has 0 radical (unpaired) electrons. The van der Waals surface area contributed by atoms with E-state index < -0.39 is 5.97 Å².